The van der Waals surface area contributed by atoms with Crippen molar-refractivity contribution in [2.24, 2.45) is 11.8 Å². The van der Waals surface area contributed by atoms with Gasteiger partial charge in [-0.15, -0.1) is 0 Å². The minimum absolute atomic E-state index is 0.181. The first kappa shape index (κ1) is 26.6. The summed E-state index contributed by atoms with van der Waals surface area (Å²) in [6.45, 7) is 0.181. The van der Waals surface area contributed by atoms with Gasteiger partial charge in [0.15, 0.2) is 11.5 Å². The summed E-state index contributed by atoms with van der Waals surface area (Å²) in [5, 5.41) is 7.93. The minimum Gasteiger partial charge on any atom is -0.493 e. The van der Waals surface area contributed by atoms with Crippen LogP contribution in [0, 0.1) is 11.8 Å². The first-order chi connectivity index (χ1) is 20.3. The fraction of sp³-hybridized carbons (Fsp3) is 0.281. The molecule has 3 aliphatic heterocycles. The summed E-state index contributed by atoms with van der Waals surface area (Å²) < 4.78 is 10.8. The number of benzene rings is 3. The molecule has 214 valence electrons. The lowest BCUT2D eigenvalue weighted by Crippen LogP contribution is -2.53. The van der Waals surface area contributed by atoms with E-state index >= 15 is 0 Å². The number of aromatic amines is 1. The smallest absolute Gasteiger partial charge is 0.250 e. The molecule has 9 nitrogen and oxygen atoms in total. The molecule has 42 heavy (non-hydrogen) atoms. The van der Waals surface area contributed by atoms with Crippen LogP contribution in [0.2, 0.25) is 5.02 Å². The molecule has 0 radical (unpaired) electrons. The fourth-order valence-corrected chi connectivity index (χ4v) is 7.22. The Morgan fingerprint density at radius 1 is 0.952 bits per heavy atom. The van der Waals surface area contributed by atoms with Crippen LogP contribution in [-0.2, 0) is 32.8 Å². The van der Waals surface area contributed by atoms with Crippen LogP contribution in [0.5, 0.6) is 11.5 Å². The summed E-state index contributed by atoms with van der Waals surface area (Å²) in [6.07, 6.45) is 2.82. The number of carbonyl (C=O) groups excluding carboxylic acids is 3. The monoisotopic (exact) mass is 584 g/mol. The van der Waals surface area contributed by atoms with Gasteiger partial charge in [0, 0.05) is 46.0 Å². The highest BCUT2D eigenvalue weighted by molar-refractivity contribution is 6.31. The van der Waals surface area contributed by atoms with E-state index in [9.17, 15) is 14.4 Å². The van der Waals surface area contributed by atoms with Gasteiger partial charge in [0.05, 0.1) is 26.1 Å². The third-order valence-electron chi connectivity index (χ3n) is 8.96. The Balaban J connectivity index is 1.26. The number of ether oxygens (including phenoxy) is 2. The van der Waals surface area contributed by atoms with Crippen LogP contribution in [0.25, 0.3) is 10.9 Å². The number of nitrogens with one attached hydrogen (secondary N) is 3. The molecule has 7 rings (SSSR count). The van der Waals surface area contributed by atoms with Crippen LogP contribution in [0.4, 0.5) is 5.69 Å². The number of nitrogens with zero attached hydrogens (tertiary/aromatic N) is 1. The van der Waals surface area contributed by atoms with Gasteiger partial charge in [-0.3, -0.25) is 24.6 Å². The summed E-state index contributed by atoms with van der Waals surface area (Å²) in [5.74, 6) is -1.45. The van der Waals surface area contributed by atoms with Gasteiger partial charge in [-0.25, -0.2) is 0 Å². The Labute approximate surface area is 247 Å². The number of likely N-dealkylation sites (tertiary alicyclic amines) is 1. The Hall–Kier alpha value is -4.34. The van der Waals surface area contributed by atoms with Crippen LogP contribution in [0.1, 0.15) is 16.7 Å². The Morgan fingerprint density at radius 2 is 1.76 bits per heavy atom. The summed E-state index contributed by atoms with van der Waals surface area (Å²) in [4.78, 5) is 46.8. The van der Waals surface area contributed by atoms with Crippen LogP contribution >= 0.6 is 11.6 Å². The van der Waals surface area contributed by atoms with Crippen molar-refractivity contribution < 1.29 is 23.9 Å². The van der Waals surface area contributed by atoms with Crippen molar-refractivity contribution >= 4 is 45.9 Å². The summed E-state index contributed by atoms with van der Waals surface area (Å²) in [6, 6.07) is 18.2. The van der Waals surface area contributed by atoms with Gasteiger partial charge in [0.2, 0.25) is 17.7 Å². The number of anilines is 1. The van der Waals surface area contributed by atoms with E-state index in [1.165, 1.54) is 4.90 Å². The van der Waals surface area contributed by atoms with Gasteiger partial charge in [-0.2, -0.15) is 0 Å². The van der Waals surface area contributed by atoms with E-state index in [2.05, 4.69) is 15.6 Å². The lowest BCUT2D eigenvalue weighted by Gasteiger charge is -2.29. The number of rotatable bonds is 7. The van der Waals surface area contributed by atoms with E-state index in [1.54, 1.807) is 38.5 Å². The lowest BCUT2D eigenvalue weighted by molar-refractivity contribution is -0.142. The maximum Gasteiger partial charge on any atom is 0.250 e. The number of amides is 3. The highest BCUT2D eigenvalue weighted by Crippen LogP contribution is 2.54. The molecule has 4 unspecified atom stereocenters. The number of fused-ring (bicyclic) bond motifs is 5. The topological polar surface area (TPSA) is 113 Å². The van der Waals surface area contributed by atoms with Crippen LogP contribution in [0.3, 0.4) is 0 Å². The van der Waals surface area contributed by atoms with E-state index in [0.717, 1.165) is 22.0 Å². The second-order valence-corrected chi connectivity index (χ2v) is 11.5. The molecular weight excluding hydrogens is 556 g/mol. The zero-order valence-electron chi connectivity index (χ0n) is 23.1. The molecule has 1 aromatic heterocycles. The van der Waals surface area contributed by atoms with Crippen molar-refractivity contribution in [1.29, 1.82) is 0 Å². The number of hydrogen-bond donors (Lipinski definition) is 3. The lowest BCUT2D eigenvalue weighted by atomic mass is 9.76. The summed E-state index contributed by atoms with van der Waals surface area (Å²) >= 11 is 6.40. The number of para-hydroxylation sites is 1. The molecule has 3 aliphatic rings. The van der Waals surface area contributed by atoms with Crippen molar-refractivity contribution in [3.8, 4) is 11.5 Å². The molecule has 3 amide bonds. The van der Waals surface area contributed by atoms with Gasteiger partial charge in [0.25, 0.3) is 0 Å². The number of halogens is 1. The zero-order valence-corrected chi connectivity index (χ0v) is 23.8. The van der Waals surface area contributed by atoms with Crippen molar-refractivity contribution in [1.82, 2.24) is 15.2 Å². The molecule has 10 heteroatoms. The molecule has 3 aromatic carbocycles. The molecule has 0 saturated carbocycles. The van der Waals surface area contributed by atoms with E-state index in [0.29, 0.717) is 40.6 Å². The average Bonchev–Trinajstić information content (AvgIpc) is 3.71. The second kappa shape index (κ2) is 9.89. The van der Waals surface area contributed by atoms with Crippen molar-refractivity contribution in [3.05, 3.63) is 88.6 Å². The van der Waals surface area contributed by atoms with Gasteiger partial charge >= 0.3 is 0 Å². The van der Waals surface area contributed by atoms with E-state index in [4.69, 9.17) is 21.1 Å². The molecular formula is C32H29ClN4O5. The Kier molecular flexibility index (Phi) is 6.25. The molecule has 0 aliphatic carbocycles. The second-order valence-electron chi connectivity index (χ2n) is 11.0. The number of imide groups is 1. The summed E-state index contributed by atoms with van der Waals surface area (Å²) in [7, 11) is 3.13. The van der Waals surface area contributed by atoms with Crippen molar-refractivity contribution in [3.63, 3.8) is 0 Å². The highest BCUT2D eigenvalue weighted by atomic mass is 35.5. The molecule has 2 saturated heterocycles. The quantitative estimate of drug-likeness (QED) is 0.283. The molecule has 4 heterocycles. The van der Waals surface area contributed by atoms with Crippen molar-refractivity contribution in [2.45, 2.75) is 24.4 Å². The fourth-order valence-electron chi connectivity index (χ4n) is 7.04. The van der Waals surface area contributed by atoms with Gasteiger partial charge < -0.3 is 19.8 Å². The third-order valence-corrected chi connectivity index (χ3v) is 9.19. The number of carbonyl (C=O) groups is 3. The molecule has 4 aromatic rings. The SMILES string of the molecule is COc1ccc(CCN2C(=O)C3C(Cc4c[nH]c5ccccc45)NC4(C(=O)Nc5ccc(Cl)cc54)C3C2=O)cc1OC. The largest absolute Gasteiger partial charge is 0.493 e. The molecule has 2 fully saturated rings. The zero-order chi connectivity index (χ0) is 29.2. The normalized spacial score (nSPS) is 24.4. The standard InChI is InChI=1S/C32H29ClN4O5/c1-41-25-10-7-17(13-26(25)42-2)11-12-37-29(38)27-24(14-18-16-34-22-6-4-3-5-20(18)22)36-32(28(27)30(37)39)21-15-19(33)8-9-23(21)35-31(32)40/h3-10,13,15-16,24,27-28,34,36H,11-12,14H2,1-2H3,(H,35,40). The molecule has 4 atom stereocenters. The summed E-state index contributed by atoms with van der Waals surface area (Å²) in [5.41, 5.74) is 2.66. The van der Waals surface area contributed by atoms with Crippen LogP contribution < -0.4 is 20.1 Å². The third kappa shape index (κ3) is 3.84. The maximum absolute atomic E-state index is 14.2. The number of H-pyrrole nitrogens is 1. The first-order valence-electron chi connectivity index (χ1n) is 13.9. The molecule has 3 N–H and O–H groups in total. The number of hydrogen-bond acceptors (Lipinski definition) is 6. The maximum atomic E-state index is 14.2. The average molecular weight is 585 g/mol. The van der Waals surface area contributed by atoms with E-state index in [1.807, 2.05) is 42.6 Å². The number of aromatic nitrogens is 1. The Bertz CT molecular complexity index is 1770. The van der Waals surface area contributed by atoms with Gasteiger partial charge in [0.1, 0.15) is 5.54 Å². The highest BCUT2D eigenvalue weighted by Gasteiger charge is 2.70. The van der Waals surface area contributed by atoms with E-state index in [-0.39, 0.29) is 24.3 Å². The first-order valence-corrected chi connectivity index (χ1v) is 14.2. The predicted octanol–water partition coefficient (Wildman–Crippen LogP) is 4.04. The van der Waals surface area contributed by atoms with Gasteiger partial charge in [-0.05, 0) is 60.4 Å². The van der Waals surface area contributed by atoms with Crippen LogP contribution in [0.15, 0.2) is 66.9 Å². The van der Waals surface area contributed by atoms with Crippen molar-refractivity contribution in [2.75, 3.05) is 26.1 Å². The van der Waals surface area contributed by atoms with E-state index < -0.39 is 23.4 Å². The Morgan fingerprint density at radius 3 is 2.57 bits per heavy atom. The van der Waals surface area contributed by atoms with Gasteiger partial charge in [-0.1, -0.05) is 35.9 Å². The predicted molar refractivity (Wildman–Crippen MR) is 158 cm³/mol. The molecule has 1 spiro atoms. The minimum atomic E-state index is -1.41. The number of methoxy groups -OCH3 is 2. The van der Waals surface area contributed by atoms with Crippen LogP contribution in [-0.4, -0.2) is 54.4 Å². The molecule has 0 bridgehead atoms.